The molecule has 3 aromatic rings. The number of aromatic nitrogens is 1. The summed E-state index contributed by atoms with van der Waals surface area (Å²) in [5.74, 6) is 0.110. The lowest BCUT2D eigenvalue weighted by atomic mass is 9.79. The standard InChI is InChI=1S/C29H34ClFN2O3/c1-36-23-9-11-28-25(18-23)24(12-14-32-28)27(31)10-8-20-13-16-33(19-22(20)17-29(34)35)15-4-6-21-5-2-3-7-26(21)30/h2-3,5,7,9,11-12,14,18,20,22,27H,4,6,8,10,13,15-17,19H2,1H3,(H,34,35)/t20-,22+,27?/m1/s1. The van der Waals surface area contributed by atoms with Gasteiger partial charge in [0.15, 0.2) is 0 Å². The molecule has 2 aromatic carbocycles. The lowest BCUT2D eigenvalue weighted by molar-refractivity contribution is -0.139. The summed E-state index contributed by atoms with van der Waals surface area (Å²) in [7, 11) is 1.59. The maximum atomic E-state index is 15.5. The first kappa shape index (κ1) is 26.4. The van der Waals surface area contributed by atoms with Crippen LogP contribution in [0.4, 0.5) is 4.39 Å². The Balaban J connectivity index is 1.35. The molecule has 2 heterocycles. The largest absolute Gasteiger partial charge is 0.497 e. The number of aliphatic carboxylic acids is 1. The SMILES string of the molecule is COc1ccc2nccc(C(F)CC[C@@H]3CCN(CCCc4ccccc4Cl)C[C@@H]3CC(=O)O)c2c1. The van der Waals surface area contributed by atoms with Gasteiger partial charge < -0.3 is 14.7 Å². The number of piperidine rings is 1. The van der Waals surface area contributed by atoms with E-state index in [0.29, 0.717) is 24.2 Å². The topological polar surface area (TPSA) is 62.7 Å². The molecule has 3 atom stereocenters. The summed E-state index contributed by atoms with van der Waals surface area (Å²) in [5, 5.41) is 11.1. The smallest absolute Gasteiger partial charge is 0.303 e. The van der Waals surface area contributed by atoms with Crippen LogP contribution in [0.15, 0.2) is 54.7 Å². The highest BCUT2D eigenvalue weighted by molar-refractivity contribution is 6.31. The molecule has 1 saturated heterocycles. The van der Waals surface area contributed by atoms with Crippen LogP contribution < -0.4 is 4.74 Å². The van der Waals surface area contributed by atoms with Crippen molar-refractivity contribution in [3.05, 3.63) is 70.9 Å². The number of ether oxygens (including phenoxy) is 1. The minimum atomic E-state index is -1.14. The zero-order valence-electron chi connectivity index (χ0n) is 20.7. The molecule has 4 rings (SSSR count). The van der Waals surface area contributed by atoms with Crippen molar-refractivity contribution in [1.82, 2.24) is 9.88 Å². The maximum Gasteiger partial charge on any atom is 0.303 e. The number of alkyl halides is 1. The van der Waals surface area contributed by atoms with E-state index >= 15 is 4.39 Å². The van der Waals surface area contributed by atoms with Crippen molar-refractivity contribution in [2.45, 2.75) is 44.7 Å². The first-order chi connectivity index (χ1) is 17.4. The monoisotopic (exact) mass is 512 g/mol. The highest BCUT2D eigenvalue weighted by Crippen LogP contribution is 2.36. The van der Waals surface area contributed by atoms with Gasteiger partial charge in [-0.25, -0.2) is 4.39 Å². The third-order valence-electron chi connectivity index (χ3n) is 7.40. The molecule has 1 unspecified atom stereocenters. The number of methoxy groups -OCH3 is 1. The number of hydrogen-bond donors (Lipinski definition) is 1. The van der Waals surface area contributed by atoms with E-state index in [1.54, 1.807) is 19.4 Å². The number of carbonyl (C=O) groups is 1. The quantitative estimate of drug-likeness (QED) is 0.308. The molecule has 1 aromatic heterocycles. The van der Waals surface area contributed by atoms with Crippen molar-refractivity contribution in [2.24, 2.45) is 11.8 Å². The normalized spacial score (nSPS) is 19.3. The van der Waals surface area contributed by atoms with Gasteiger partial charge >= 0.3 is 5.97 Å². The van der Waals surface area contributed by atoms with Crippen LogP contribution in [0.5, 0.6) is 5.75 Å². The first-order valence-corrected chi connectivity index (χ1v) is 13.1. The molecule has 0 spiro atoms. The molecule has 1 aliphatic rings. The lowest BCUT2D eigenvalue weighted by Crippen LogP contribution is -2.42. The van der Waals surface area contributed by atoms with E-state index < -0.39 is 12.1 Å². The van der Waals surface area contributed by atoms with Gasteiger partial charge in [0.25, 0.3) is 0 Å². The Kier molecular flexibility index (Phi) is 9.16. The van der Waals surface area contributed by atoms with Crippen LogP contribution in [-0.4, -0.2) is 47.7 Å². The molecule has 1 aliphatic heterocycles. The Labute approximate surface area is 217 Å². The number of rotatable bonds is 11. The number of pyridine rings is 1. The Morgan fingerprint density at radius 3 is 2.86 bits per heavy atom. The van der Waals surface area contributed by atoms with Crippen molar-refractivity contribution in [3.63, 3.8) is 0 Å². The van der Waals surface area contributed by atoms with Gasteiger partial charge in [0.1, 0.15) is 11.9 Å². The van der Waals surface area contributed by atoms with Crippen molar-refractivity contribution in [2.75, 3.05) is 26.7 Å². The molecule has 0 bridgehead atoms. The highest BCUT2D eigenvalue weighted by Gasteiger charge is 2.31. The van der Waals surface area contributed by atoms with E-state index in [-0.39, 0.29) is 18.3 Å². The second kappa shape index (κ2) is 12.5. The molecule has 0 saturated carbocycles. The van der Waals surface area contributed by atoms with E-state index in [4.69, 9.17) is 16.3 Å². The molecule has 0 amide bonds. The van der Waals surface area contributed by atoms with Crippen molar-refractivity contribution in [1.29, 1.82) is 0 Å². The molecule has 1 fully saturated rings. The average molecular weight is 513 g/mol. The second-order valence-corrected chi connectivity index (χ2v) is 10.1. The van der Waals surface area contributed by atoms with Crippen LogP contribution in [0.1, 0.15) is 49.4 Å². The minimum absolute atomic E-state index is 0.0260. The number of carboxylic acid groups (broad SMARTS) is 1. The van der Waals surface area contributed by atoms with Crippen LogP contribution in [0.2, 0.25) is 5.02 Å². The summed E-state index contributed by atoms with van der Waals surface area (Å²) in [5.41, 5.74) is 2.50. The number of aryl methyl sites for hydroxylation is 1. The van der Waals surface area contributed by atoms with Gasteiger partial charge in [-0.3, -0.25) is 9.78 Å². The highest BCUT2D eigenvalue weighted by atomic mass is 35.5. The Bertz CT molecular complexity index is 1170. The fourth-order valence-corrected chi connectivity index (χ4v) is 5.68. The van der Waals surface area contributed by atoms with Crippen molar-refractivity contribution >= 4 is 28.5 Å². The number of fused-ring (bicyclic) bond motifs is 1. The van der Waals surface area contributed by atoms with Gasteiger partial charge in [0, 0.05) is 29.6 Å². The van der Waals surface area contributed by atoms with Gasteiger partial charge in [-0.1, -0.05) is 29.8 Å². The molecule has 36 heavy (non-hydrogen) atoms. The summed E-state index contributed by atoms with van der Waals surface area (Å²) < 4.78 is 20.8. The molecule has 7 heteroatoms. The number of hydrogen-bond acceptors (Lipinski definition) is 4. The minimum Gasteiger partial charge on any atom is -0.497 e. The number of carboxylic acids is 1. The first-order valence-electron chi connectivity index (χ1n) is 12.7. The van der Waals surface area contributed by atoms with Crippen LogP contribution in [0, 0.1) is 11.8 Å². The lowest BCUT2D eigenvalue weighted by Gasteiger charge is -2.38. The van der Waals surface area contributed by atoms with Crippen LogP contribution in [0.25, 0.3) is 10.9 Å². The molecule has 1 N–H and O–H groups in total. The summed E-state index contributed by atoms with van der Waals surface area (Å²) in [6, 6.07) is 15.1. The Hall–Kier alpha value is -2.70. The summed E-state index contributed by atoms with van der Waals surface area (Å²) in [6.07, 6.45) is 4.42. The number of nitrogens with zero attached hydrogens (tertiary/aromatic N) is 2. The van der Waals surface area contributed by atoms with Crippen molar-refractivity contribution < 1.29 is 19.0 Å². The van der Waals surface area contributed by atoms with Gasteiger partial charge in [-0.15, -0.1) is 0 Å². The van der Waals surface area contributed by atoms with Crippen molar-refractivity contribution in [3.8, 4) is 5.75 Å². The number of halogens is 2. The second-order valence-electron chi connectivity index (χ2n) is 9.73. The zero-order valence-corrected chi connectivity index (χ0v) is 21.5. The van der Waals surface area contributed by atoms with Gasteiger partial charge in [-0.2, -0.15) is 0 Å². The van der Waals surface area contributed by atoms with Crippen LogP contribution >= 0.6 is 11.6 Å². The average Bonchev–Trinajstić information content (AvgIpc) is 2.88. The summed E-state index contributed by atoms with van der Waals surface area (Å²) in [6.45, 7) is 2.56. The number of benzene rings is 2. The van der Waals surface area contributed by atoms with E-state index in [1.807, 2.05) is 36.4 Å². The predicted octanol–water partition coefficient (Wildman–Crippen LogP) is 6.73. The van der Waals surface area contributed by atoms with E-state index in [2.05, 4.69) is 16.0 Å². The predicted molar refractivity (Wildman–Crippen MR) is 141 cm³/mol. The summed E-state index contributed by atoms with van der Waals surface area (Å²) in [4.78, 5) is 18.3. The molecule has 5 nitrogen and oxygen atoms in total. The van der Waals surface area contributed by atoms with E-state index in [0.717, 1.165) is 60.4 Å². The maximum absolute atomic E-state index is 15.5. The molecule has 0 radical (unpaired) electrons. The number of likely N-dealkylation sites (tertiary alicyclic amines) is 1. The molecular formula is C29H34ClFN2O3. The fraction of sp³-hybridized carbons (Fsp3) is 0.448. The zero-order chi connectivity index (χ0) is 25.5. The Morgan fingerprint density at radius 2 is 2.08 bits per heavy atom. The van der Waals surface area contributed by atoms with E-state index in [9.17, 15) is 9.90 Å². The van der Waals surface area contributed by atoms with Crippen LogP contribution in [-0.2, 0) is 11.2 Å². The van der Waals surface area contributed by atoms with Crippen LogP contribution in [0.3, 0.4) is 0 Å². The third-order valence-corrected chi connectivity index (χ3v) is 7.77. The molecule has 0 aliphatic carbocycles. The molecular weight excluding hydrogens is 479 g/mol. The van der Waals surface area contributed by atoms with Gasteiger partial charge in [-0.05, 0) is 98.5 Å². The third kappa shape index (κ3) is 6.74. The fourth-order valence-electron chi connectivity index (χ4n) is 5.45. The van der Waals surface area contributed by atoms with Gasteiger partial charge in [0.2, 0.25) is 0 Å². The molecule has 192 valence electrons. The van der Waals surface area contributed by atoms with Gasteiger partial charge in [0.05, 0.1) is 12.6 Å². The van der Waals surface area contributed by atoms with E-state index in [1.165, 1.54) is 0 Å². The summed E-state index contributed by atoms with van der Waals surface area (Å²) >= 11 is 6.28. The Morgan fingerprint density at radius 1 is 1.25 bits per heavy atom.